The molecule has 1 aromatic carbocycles. The number of hydrogen-bond donors (Lipinski definition) is 2. The SMILES string of the molecule is O=C(CN(CC(=O)N1CCCC1)C1CCCC1)Nc1ccccc1C(=O)NC1CCCC1. The molecular formula is C25H36N4O3. The summed E-state index contributed by atoms with van der Waals surface area (Å²) in [7, 11) is 0. The van der Waals surface area contributed by atoms with E-state index in [1.165, 1.54) is 0 Å². The standard InChI is InChI=1S/C25H36N4O3/c30-23(17-29(20-11-3-4-12-20)18-24(31)28-15-7-8-16-28)27-22-14-6-5-13-21(22)25(32)26-19-9-1-2-10-19/h5-6,13-14,19-20H,1-4,7-12,15-18H2,(H,26,32)(H,27,30). The largest absolute Gasteiger partial charge is 0.349 e. The molecule has 0 unspecified atom stereocenters. The maximum Gasteiger partial charge on any atom is 0.253 e. The molecule has 174 valence electrons. The third-order valence-electron chi connectivity index (χ3n) is 7.12. The van der Waals surface area contributed by atoms with Crippen molar-refractivity contribution in [2.24, 2.45) is 0 Å². The van der Waals surface area contributed by atoms with Gasteiger partial charge in [-0.05, 0) is 50.7 Å². The normalized spacial score (nSPS) is 19.6. The maximum absolute atomic E-state index is 13.0. The molecule has 1 heterocycles. The molecule has 2 N–H and O–H groups in total. The van der Waals surface area contributed by atoms with E-state index >= 15 is 0 Å². The molecule has 0 spiro atoms. The molecule has 32 heavy (non-hydrogen) atoms. The molecule has 0 aromatic heterocycles. The molecule has 4 rings (SSSR count). The summed E-state index contributed by atoms with van der Waals surface area (Å²) in [5.41, 5.74) is 1.03. The highest BCUT2D eigenvalue weighted by Gasteiger charge is 2.29. The Bertz CT molecular complexity index is 809. The van der Waals surface area contributed by atoms with Gasteiger partial charge in [0.1, 0.15) is 0 Å². The predicted octanol–water partition coefficient (Wildman–Crippen LogP) is 3.16. The quantitative estimate of drug-likeness (QED) is 0.651. The fourth-order valence-corrected chi connectivity index (χ4v) is 5.32. The number of carbonyl (C=O) groups is 3. The number of hydrogen-bond acceptors (Lipinski definition) is 4. The van der Waals surface area contributed by atoms with Gasteiger partial charge in [0.25, 0.3) is 5.91 Å². The van der Waals surface area contributed by atoms with Gasteiger partial charge in [0.15, 0.2) is 0 Å². The zero-order valence-electron chi connectivity index (χ0n) is 19.0. The Hall–Kier alpha value is -2.41. The Morgan fingerprint density at radius 3 is 2.25 bits per heavy atom. The Morgan fingerprint density at radius 1 is 0.875 bits per heavy atom. The topological polar surface area (TPSA) is 81.8 Å². The number of rotatable bonds is 8. The molecule has 2 aliphatic carbocycles. The summed E-state index contributed by atoms with van der Waals surface area (Å²) >= 11 is 0. The van der Waals surface area contributed by atoms with E-state index in [2.05, 4.69) is 10.6 Å². The lowest BCUT2D eigenvalue weighted by atomic mass is 10.1. The highest BCUT2D eigenvalue weighted by Crippen LogP contribution is 2.24. The van der Waals surface area contributed by atoms with Gasteiger partial charge in [-0.3, -0.25) is 19.3 Å². The van der Waals surface area contributed by atoms with Crippen LogP contribution in [0.15, 0.2) is 24.3 Å². The highest BCUT2D eigenvalue weighted by molar-refractivity contribution is 6.04. The lowest BCUT2D eigenvalue weighted by Gasteiger charge is -2.29. The van der Waals surface area contributed by atoms with Crippen LogP contribution in [0.25, 0.3) is 0 Å². The minimum absolute atomic E-state index is 0.124. The molecule has 3 amide bonds. The monoisotopic (exact) mass is 440 g/mol. The number of nitrogens with zero attached hydrogens (tertiary/aromatic N) is 2. The molecule has 3 aliphatic rings. The fraction of sp³-hybridized carbons (Fsp3) is 0.640. The number of carbonyl (C=O) groups excluding carboxylic acids is 3. The van der Waals surface area contributed by atoms with Gasteiger partial charge in [-0.25, -0.2) is 0 Å². The van der Waals surface area contributed by atoms with Gasteiger partial charge in [0, 0.05) is 25.2 Å². The second-order valence-corrected chi connectivity index (χ2v) is 9.48. The number of amides is 3. The lowest BCUT2D eigenvalue weighted by Crippen LogP contribution is -2.46. The molecule has 1 aromatic rings. The van der Waals surface area contributed by atoms with Crippen LogP contribution in [-0.4, -0.2) is 65.8 Å². The summed E-state index contributed by atoms with van der Waals surface area (Å²) < 4.78 is 0. The van der Waals surface area contributed by atoms with E-state index in [0.29, 0.717) is 17.8 Å². The van der Waals surface area contributed by atoms with Crippen LogP contribution >= 0.6 is 0 Å². The number of benzene rings is 1. The summed E-state index contributed by atoms with van der Waals surface area (Å²) in [5, 5.41) is 6.05. The van der Waals surface area contributed by atoms with Crippen LogP contribution in [0, 0.1) is 0 Å². The second kappa shape index (κ2) is 10.9. The van der Waals surface area contributed by atoms with Crippen molar-refractivity contribution >= 4 is 23.4 Å². The van der Waals surface area contributed by atoms with E-state index in [0.717, 1.165) is 77.3 Å². The van der Waals surface area contributed by atoms with E-state index in [4.69, 9.17) is 0 Å². The van der Waals surface area contributed by atoms with Crippen molar-refractivity contribution in [2.75, 3.05) is 31.5 Å². The molecule has 3 fully saturated rings. The lowest BCUT2D eigenvalue weighted by molar-refractivity contribution is -0.132. The van der Waals surface area contributed by atoms with E-state index in [1.54, 1.807) is 12.1 Å². The van der Waals surface area contributed by atoms with Crippen molar-refractivity contribution in [3.8, 4) is 0 Å². The van der Waals surface area contributed by atoms with Crippen molar-refractivity contribution < 1.29 is 14.4 Å². The molecule has 1 saturated heterocycles. The minimum atomic E-state index is -0.174. The number of nitrogens with one attached hydrogen (secondary N) is 2. The highest BCUT2D eigenvalue weighted by atomic mass is 16.2. The molecule has 0 radical (unpaired) electrons. The Kier molecular flexibility index (Phi) is 7.79. The summed E-state index contributed by atoms with van der Waals surface area (Å²) in [6.07, 6.45) is 10.8. The first kappa shape index (κ1) is 22.8. The van der Waals surface area contributed by atoms with Crippen LogP contribution in [0.4, 0.5) is 5.69 Å². The van der Waals surface area contributed by atoms with Gasteiger partial charge in [0.05, 0.1) is 24.3 Å². The molecule has 7 nitrogen and oxygen atoms in total. The molecule has 1 aliphatic heterocycles. The van der Waals surface area contributed by atoms with Gasteiger partial charge in [0.2, 0.25) is 11.8 Å². The van der Waals surface area contributed by atoms with Crippen LogP contribution in [0.3, 0.4) is 0 Å². The molecule has 0 bridgehead atoms. The first-order valence-electron chi connectivity index (χ1n) is 12.3. The fourth-order valence-electron chi connectivity index (χ4n) is 5.32. The van der Waals surface area contributed by atoms with Crippen molar-refractivity contribution in [1.82, 2.24) is 15.1 Å². The first-order chi connectivity index (χ1) is 15.6. The van der Waals surface area contributed by atoms with Crippen molar-refractivity contribution in [3.63, 3.8) is 0 Å². The number of likely N-dealkylation sites (tertiary alicyclic amines) is 1. The van der Waals surface area contributed by atoms with Crippen LogP contribution in [-0.2, 0) is 9.59 Å². The first-order valence-corrected chi connectivity index (χ1v) is 12.3. The van der Waals surface area contributed by atoms with Crippen molar-refractivity contribution in [1.29, 1.82) is 0 Å². The zero-order valence-corrected chi connectivity index (χ0v) is 19.0. The Labute approximate surface area is 190 Å². The number of para-hydroxylation sites is 1. The third-order valence-corrected chi connectivity index (χ3v) is 7.12. The summed E-state index contributed by atoms with van der Waals surface area (Å²) in [6, 6.07) is 7.67. The van der Waals surface area contributed by atoms with Crippen molar-refractivity contribution in [2.45, 2.75) is 76.3 Å². The molecule has 7 heteroatoms. The smallest absolute Gasteiger partial charge is 0.253 e. The second-order valence-electron chi connectivity index (χ2n) is 9.48. The van der Waals surface area contributed by atoms with Gasteiger partial charge in [-0.15, -0.1) is 0 Å². The van der Waals surface area contributed by atoms with E-state index in [1.807, 2.05) is 21.9 Å². The van der Waals surface area contributed by atoms with E-state index in [-0.39, 0.29) is 36.3 Å². The molecule has 2 saturated carbocycles. The average molecular weight is 441 g/mol. The van der Waals surface area contributed by atoms with E-state index in [9.17, 15) is 14.4 Å². The predicted molar refractivity (Wildman–Crippen MR) is 124 cm³/mol. The van der Waals surface area contributed by atoms with Gasteiger partial charge >= 0.3 is 0 Å². The average Bonchev–Trinajstić information content (AvgIpc) is 3.57. The Balaban J connectivity index is 1.39. The summed E-state index contributed by atoms with van der Waals surface area (Å²) in [5.74, 6) is -0.185. The van der Waals surface area contributed by atoms with Gasteiger partial charge in [-0.2, -0.15) is 0 Å². The van der Waals surface area contributed by atoms with Gasteiger partial charge in [-0.1, -0.05) is 37.8 Å². The van der Waals surface area contributed by atoms with Crippen molar-refractivity contribution in [3.05, 3.63) is 29.8 Å². The Morgan fingerprint density at radius 2 is 1.53 bits per heavy atom. The summed E-state index contributed by atoms with van der Waals surface area (Å²) in [4.78, 5) is 42.5. The minimum Gasteiger partial charge on any atom is -0.349 e. The molecule has 0 atom stereocenters. The van der Waals surface area contributed by atoms with Crippen LogP contribution in [0.1, 0.15) is 74.6 Å². The van der Waals surface area contributed by atoms with Crippen LogP contribution in [0.2, 0.25) is 0 Å². The zero-order chi connectivity index (χ0) is 22.3. The maximum atomic E-state index is 13.0. The van der Waals surface area contributed by atoms with Crippen LogP contribution in [0.5, 0.6) is 0 Å². The molecular weight excluding hydrogens is 404 g/mol. The van der Waals surface area contributed by atoms with Crippen LogP contribution < -0.4 is 10.6 Å². The van der Waals surface area contributed by atoms with Gasteiger partial charge < -0.3 is 15.5 Å². The number of anilines is 1. The van der Waals surface area contributed by atoms with E-state index < -0.39 is 0 Å². The third kappa shape index (κ3) is 5.88. The summed E-state index contributed by atoms with van der Waals surface area (Å²) in [6.45, 7) is 2.12.